The van der Waals surface area contributed by atoms with Crippen LogP contribution in [0, 0.1) is 0 Å². The van der Waals surface area contributed by atoms with Crippen molar-refractivity contribution in [1.29, 1.82) is 0 Å². The van der Waals surface area contributed by atoms with Crippen LogP contribution in [0.5, 0.6) is 0 Å². The summed E-state index contributed by atoms with van der Waals surface area (Å²) in [4.78, 5) is 21.5. The second-order valence-electron chi connectivity index (χ2n) is 9.43. The van der Waals surface area contributed by atoms with E-state index in [1.807, 2.05) is 66.7 Å². The van der Waals surface area contributed by atoms with Crippen molar-refractivity contribution in [3.8, 4) is 0 Å². The van der Waals surface area contributed by atoms with Crippen LogP contribution < -0.4 is 5.32 Å². The molecule has 0 aliphatic carbocycles. The number of carbonyl (C=O) groups is 1. The Morgan fingerprint density at radius 2 is 1.88 bits per heavy atom. The van der Waals surface area contributed by atoms with E-state index in [0.717, 1.165) is 32.3 Å². The number of hydrogen-bond donors (Lipinski definition) is 2. The number of rotatable bonds is 8. The number of para-hydroxylation sites is 1. The molecular formula is C31H27N3O4S2. The predicted octanol–water partition coefficient (Wildman–Crippen LogP) is 6.77. The van der Waals surface area contributed by atoms with Gasteiger partial charge in [-0.2, -0.15) is 0 Å². The van der Waals surface area contributed by atoms with Crippen LogP contribution in [0.15, 0.2) is 102 Å². The molecule has 5 aromatic rings. The summed E-state index contributed by atoms with van der Waals surface area (Å²) >= 11 is 3.38. The molecule has 3 aromatic carbocycles. The van der Waals surface area contributed by atoms with Crippen LogP contribution in [-0.2, 0) is 16.1 Å². The maximum absolute atomic E-state index is 12.7. The lowest BCUT2D eigenvalue weighted by Crippen LogP contribution is -2.31. The van der Waals surface area contributed by atoms with Gasteiger partial charge in [0.15, 0.2) is 10.6 Å². The summed E-state index contributed by atoms with van der Waals surface area (Å²) in [6.07, 6.45) is 2.95. The van der Waals surface area contributed by atoms with Crippen molar-refractivity contribution in [1.82, 2.24) is 9.97 Å². The smallest absolute Gasteiger partial charge is 0.257 e. The third kappa shape index (κ3) is 6.24. The molecule has 0 radical (unpaired) electrons. The number of nitrogens with zero attached hydrogens (tertiary/aromatic N) is 2. The normalized spacial score (nSPS) is 19.0. The highest BCUT2D eigenvalue weighted by molar-refractivity contribution is 8.01. The number of anilines is 1. The summed E-state index contributed by atoms with van der Waals surface area (Å²) in [6.45, 7) is -0.00344. The first-order valence-electron chi connectivity index (χ1n) is 12.9. The third-order valence-corrected chi connectivity index (χ3v) is 8.93. The zero-order valence-electron chi connectivity index (χ0n) is 21.5. The van der Waals surface area contributed by atoms with Crippen molar-refractivity contribution >= 4 is 44.9 Å². The largest absolute Gasteiger partial charge is 0.392 e. The molecule has 0 spiro atoms. The maximum atomic E-state index is 12.7. The lowest BCUT2D eigenvalue weighted by molar-refractivity contribution is -0.245. The quantitative estimate of drug-likeness (QED) is 0.199. The van der Waals surface area contributed by atoms with Crippen LogP contribution >= 0.6 is 23.1 Å². The Kier molecular flexibility index (Phi) is 8.17. The first kappa shape index (κ1) is 26.6. The van der Waals surface area contributed by atoms with Gasteiger partial charge in [-0.3, -0.25) is 9.78 Å². The molecule has 2 N–H and O–H groups in total. The number of pyridine rings is 1. The highest BCUT2D eigenvalue weighted by Crippen LogP contribution is 2.40. The zero-order chi connectivity index (χ0) is 27.3. The van der Waals surface area contributed by atoms with Gasteiger partial charge in [0.2, 0.25) is 0 Å². The minimum absolute atomic E-state index is 0.00344. The molecule has 6 rings (SSSR count). The van der Waals surface area contributed by atoms with Crippen molar-refractivity contribution < 1.29 is 19.4 Å². The molecule has 1 aliphatic rings. The zero-order valence-corrected chi connectivity index (χ0v) is 23.1. The number of aliphatic hydroxyl groups excluding tert-OH is 1. The van der Waals surface area contributed by atoms with E-state index in [4.69, 9.17) is 14.5 Å². The Bertz CT molecular complexity index is 1560. The third-order valence-electron chi connectivity index (χ3n) is 6.62. The Hall–Kier alpha value is -3.60. The fourth-order valence-corrected chi connectivity index (χ4v) is 6.68. The molecule has 2 aromatic heterocycles. The summed E-state index contributed by atoms with van der Waals surface area (Å²) < 4.78 is 15.1. The van der Waals surface area contributed by atoms with E-state index in [1.54, 1.807) is 41.4 Å². The Morgan fingerprint density at radius 3 is 2.67 bits per heavy atom. The Labute approximate surface area is 240 Å². The van der Waals surface area contributed by atoms with Crippen molar-refractivity contribution in [2.75, 3.05) is 11.1 Å². The summed E-state index contributed by atoms with van der Waals surface area (Å²) in [5.74, 6) is 0.491. The van der Waals surface area contributed by atoms with Crippen LogP contribution in [-0.4, -0.2) is 32.8 Å². The molecule has 1 amide bonds. The fraction of sp³-hybridized carbons (Fsp3) is 0.194. The van der Waals surface area contributed by atoms with E-state index in [1.165, 1.54) is 10.9 Å². The van der Waals surface area contributed by atoms with Gasteiger partial charge >= 0.3 is 0 Å². The van der Waals surface area contributed by atoms with Crippen LogP contribution in [0.4, 0.5) is 5.69 Å². The van der Waals surface area contributed by atoms with E-state index in [9.17, 15) is 9.90 Å². The number of aliphatic hydroxyl groups is 1. The van der Waals surface area contributed by atoms with Crippen molar-refractivity contribution in [2.45, 2.75) is 35.9 Å². The molecular weight excluding hydrogens is 542 g/mol. The maximum Gasteiger partial charge on any atom is 0.257 e. The number of amides is 1. The number of thioether (sulfide) groups is 1. The number of nitrogens with one attached hydrogen (secondary N) is 1. The first-order valence-corrected chi connectivity index (χ1v) is 14.7. The van der Waals surface area contributed by atoms with Gasteiger partial charge in [0.25, 0.3) is 5.91 Å². The SMILES string of the molecule is O=C(Nc1cccc([C@H]2O[C@@H](CSc3nc4ccccc4s3)C[C@@H](c3ccc(CO)cc3)O2)c1)c1cccnc1. The standard InChI is InChI=1S/C31H27N3O4S2/c35-18-20-10-12-21(13-11-20)27-16-25(19-39-31-34-26-8-1-2-9-28(26)40-31)37-30(38-27)22-5-3-7-24(15-22)33-29(36)23-6-4-14-32-17-23/h1-15,17,25,27,30,35H,16,18-19H2,(H,33,36)/t25-,27+,30+/m1/s1. The summed E-state index contributed by atoms with van der Waals surface area (Å²) in [5, 5.41) is 12.4. The van der Waals surface area contributed by atoms with Crippen molar-refractivity contribution in [3.05, 3.63) is 120 Å². The van der Waals surface area contributed by atoms with Gasteiger partial charge in [0.05, 0.1) is 34.6 Å². The average molecular weight is 570 g/mol. The lowest BCUT2D eigenvalue weighted by Gasteiger charge is -2.36. The van der Waals surface area contributed by atoms with Gasteiger partial charge in [-0.1, -0.05) is 60.3 Å². The monoisotopic (exact) mass is 569 g/mol. The van der Waals surface area contributed by atoms with Crippen LogP contribution in [0.25, 0.3) is 10.2 Å². The fourth-order valence-electron chi connectivity index (χ4n) is 4.56. The van der Waals surface area contributed by atoms with E-state index in [0.29, 0.717) is 17.7 Å². The number of aromatic nitrogens is 2. The highest BCUT2D eigenvalue weighted by atomic mass is 32.2. The highest BCUT2D eigenvalue weighted by Gasteiger charge is 2.32. The molecule has 0 bridgehead atoms. The average Bonchev–Trinajstić information content (AvgIpc) is 3.44. The van der Waals surface area contributed by atoms with Crippen molar-refractivity contribution in [2.24, 2.45) is 0 Å². The Balaban J connectivity index is 1.21. The van der Waals surface area contributed by atoms with Gasteiger partial charge in [-0.15, -0.1) is 11.3 Å². The summed E-state index contributed by atoms with van der Waals surface area (Å²) in [5.41, 5.74) is 4.84. The number of carbonyl (C=O) groups excluding carboxylic acids is 1. The minimum atomic E-state index is -0.618. The molecule has 3 atom stereocenters. The predicted molar refractivity (Wildman–Crippen MR) is 157 cm³/mol. The van der Waals surface area contributed by atoms with E-state index in [-0.39, 0.29) is 24.7 Å². The molecule has 9 heteroatoms. The molecule has 1 fully saturated rings. The number of ether oxygens (including phenoxy) is 2. The lowest BCUT2D eigenvalue weighted by atomic mass is 10.0. The van der Waals surface area contributed by atoms with E-state index >= 15 is 0 Å². The van der Waals surface area contributed by atoms with Gasteiger partial charge in [0, 0.05) is 35.8 Å². The number of thiazole rings is 1. The van der Waals surface area contributed by atoms with Crippen LogP contribution in [0.3, 0.4) is 0 Å². The number of hydrogen-bond acceptors (Lipinski definition) is 8. The van der Waals surface area contributed by atoms with Crippen molar-refractivity contribution in [3.63, 3.8) is 0 Å². The molecule has 0 saturated carbocycles. The topological polar surface area (TPSA) is 93.6 Å². The van der Waals surface area contributed by atoms with Gasteiger partial charge in [-0.05, 0) is 47.5 Å². The molecule has 3 heterocycles. The second kappa shape index (κ2) is 12.3. The Morgan fingerprint density at radius 1 is 1.00 bits per heavy atom. The van der Waals surface area contributed by atoms with E-state index in [2.05, 4.69) is 16.4 Å². The van der Waals surface area contributed by atoms with Gasteiger partial charge in [0.1, 0.15) is 0 Å². The van der Waals surface area contributed by atoms with Crippen LogP contribution in [0.1, 0.15) is 45.9 Å². The molecule has 0 unspecified atom stereocenters. The van der Waals surface area contributed by atoms with E-state index < -0.39 is 6.29 Å². The molecule has 1 saturated heterocycles. The summed E-state index contributed by atoms with van der Waals surface area (Å²) in [7, 11) is 0. The molecule has 40 heavy (non-hydrogen) atoms. The molecule has 1 aliphatic heterocycles. The minimum Gasteiger partial charge on any atom is -0.392 e. The molecule has 202 valence electrons. The number of benzene rings is 3. The second-order valence-corrected chi connectivity index (χ2v) is 11.7. The number of fused-ring (bicyclic) bond motifs is 1. The molecule has 7 nitrogen and oxygen atoms in total. The van der Waals surface area contributed by atoms with Gasteiger partial charge in [-0.25, -0.2) is 4.98 Å². The van der Waals surface area contributed by atoms with Gasteiger partial charge < -0.3 is 19.9 Å². The summed E-state index contributed by atoms with van der Waals surface area (Å²) in [6, 6.07) is 27.0. The first-order chi connectivity index (χ1) is 19.6. The van der Waals surface area contributed by atoms with Crippen LogP contribution in [0.2, 0.25) is 0 Å².